The van der Waals surface area contributed by atoms with Crippen LogP contribution in [0.15, 0.2) is 66.3 Å². The number of ether oxygens (including phenoxy) is 7. The van der Waals surface area contributed by atoms with Gasteiger partial charge in [0.05, 0.1) is 64.7 Å². The average molecular weight is 1180 g/mol. The number of unbranched alkanes of at least 4 members (excludes halogenated alkanes) is 1. The number of nitrogens with zero attached hydrogens (tertiary/aromatic N) is 4. The van der Waals surface area contributed by atoms with Crippen LogP contribution in [0, 0.1) is 5.92 Å². The van der Waals surface area contributed by atoms with Gasteiger partial charge in [-0.25, -0.2) is 14.6 Å². The van der Waals surface area contributed by atoms with Gasteiger partial charge in [-0.1, -0.05) is 60.5 Å². The maximum atomic E-state index is 14.4. The maximum Gasteiger partial charge on any atom is 0.409 e. The fourth-order valence-electron chi connectivity index (χ4n) is 10.5. The van der Waals surface area contributed by atoms with Crippen LogP contribution >= 0.6 is 11.6 Å². The fourth-order valence-corrected chi connectivity index (χ4v) is 10.8. The number of hydrazine groups is 1. The molecule has 0 aliphatic carbocycles. The molecule has 23 nitrogen and oxygen atoms in total. The Morgan fingerprint density at radius 1 is 1.04 bits per heavy atom. The molecule has 1 aromatic heterocycles. The Labute approximate surface area is 491 Å². The van der Waals surface area contributed by atoms with Gasteiger partial charge in [-0.3, -0.25) is 29.9 Å². The SMILES string of the molecule is CNN(C)Cc1cc2ccccc2n1CCC(=O)NC(CCCCN)C(=O)NCCOCCOCCC(=O)N(C)[C@@H](C)C(=O)O[C@H]1CC(=O)N(C)c2cc(cc(OC)c2Cl)C/C(C)=C/C=C/[C@@H](OC)[C@@]2(O)C[C@H](OC(=O)N2)[C@@H](C)C2O[C@]21C. The van der Waals surface area contributed by atoms with Gasteiger partial charge in [0.15, 0.2) is 5.72 Å². The summed E-state index contributed by atoms with van der Waals surface area (Å²) in [6.45, 7) is 9.12. The second-order valence-electron chi connectivity index (χ2n) is 21.7. The zero-order valence-corrected chi connectivity index (χ0v) is 50.4. The Balaban J connectivity index is 1.000. The van der Waals surface area contributed by atoms with Crippen molar-refractivity contribution in [1.29, 1.82) is 0 Å². The summed E-state index contributed by atoms with van der Waals surface area (Å²) in [6, 6.07) is 11.8. The maximum absolute atomic E-state index is 14.4. The van der Waals surface area contributed by atoms with Crippen LogP contribution in [0.5, 0.6) is 5.75 Å². The smallest absolute Gasteiger partial charge is 0.409 e. The topological polar surface area (TPSA) is 279 Å². The standard InChI is InChI=1S/C59H86ClN9O14/c1-37-16-15-20-48(78-10)59(76)35-47(81-57(75)65-59)38(2)54-58(4,83-54)49(34-52(72)68(8)45-31-40(30-37)32-46(77-9)53(45)60)82-56(74)39(3)67(7)51(71)22-26-79-28-29-80-27-24-63-55(73)43(18-13-14-23-61)64-50(70)21-25-69-42(36-66(6)62-5)33-41-17-11-12-19-44(41)69/h11-12,15-17,19-20,31-33,38-39,43,47-49,54,62,76H,13-14,18,21-30,34-36,61H2,1-10H3,(H,63,73)(H,64,70)(H,65,75)/b20-15+,37-16+/t38-,39+,43?,47+,48-,49+,54?,58+,59+/m1/s1. The zero-order chi connectivity index (χ0) is 60.6. The molecule has 2 fully saturated rings. The minimum Gasteiger partial charge on any atom is -0.495 e. The van der Waals surface area contributed by atoms with Crippen LogP contribution in [0.2, 0.25) is 5.02 Å². The molecule has 4 heterocycles. The molecular formula is C59H86ClN9O14. The number of rotatable bonds is 26. The highest BCUT2D eigenvalue weighted by Gasteiger charge is 2.64. The molecule has 3 aliphatic heterocycles. The largest absolute Gasteiger partial charge is 0.495 e. The van der Waals surface area contributed by atoms with Gasteiger partial charge in [-0.15, -0.1) is 0 Å². The molecule has 6 rings (SSSR count). The number of methoxy groups -OCH3 is 2. The molecule has 83 heavy (non-hydrogen) atoms. The fraction of sp³-hybridized carbons (Fsp3) is 0.593. The van der Waals surface area contributed by atoms with Gasteiger partial charge in [-0.05, 0) is 95.3 Å². The van der Waals surface area contributed by atoms with Crippen molar-refractivity contribution in [3.05, 3.63) is 82.5 Å². The van der Waals surface area contributed by atoms with E-state index in [4.69, 9.17) is 50.5 Å². The quantitative estimate of drug-likeness (QED) is 0.0283. The normalized spacial score (nSPS) is 24.6. The number of hydrogen-bond donors (Lipinski definition) is 6. The summed E-state index contributed by atoms with van der Waals surface area (Å²) in [5, 5.41) is 23.4. The van der Waals surface area contributed by atoms with E-state index in [0.29, 0.717) is 56.8 Å². The van der Waals surface area contributed by atoms with Crippen molar-refractivity contribution >= 4 is 63.9 Å². The predicted octanol–water partition coefficient (Wildman–Crippen LogP) is 4.28. The zero-order valence-electron chi connectivity index (χ0n) is 49.6. The molecule has 4 bridgehead atoms. The van der Waals surface area contributed by atoms with Crippen LogP contribution in [0.1, 0.15) is 83.9 Å². The molecule has 2 unspecified atom stereocenters. The summed E-state index contributed by atoms with van der Waals surface area (Å²) in [6.07, 6.45) is 2.38. The van der Waals surface area contributed by atoms with E-state index in [9.17, 15) is 33.9 Å². The number of carbonyl (C=O) groups excluding carboxylic acids is 6. The van der Waals surface area contributed by atoms with Crippen molar-refractivity contribution in [2.45, 2.75) is 140 Å². The van der Waals surface area contributed by atoms with Gasteiger partial charge in [-0.2, -0.15) is 0 Å². The molecule has 24 heteroatoms. The number of fused-ring (bicyclic) bond motifs is 6. The number of likely N-dealkylation sites (N-methyl/N-ethyl adjacent to an activating group) is 1. The van der Waals surface area contributed by atoms with E-state index >= 15 is 0 Å². The monoisotopic (exact) mass is 1180 g/mol. The number of aryl methyl sites for hydroxylation is 1. The summed E-state index contributed by atoms with van der Waals surface area (Å²) in [7, 11) is 9.71. The van der Waals surface area contributed by atoms with E-state index in [1.165, 1.54) is 38.0 Å². The van der Waals surface area contributed by atoms with Gasteiger partial charge in [0.1, 0.15) is 46.8 Å². The van der Waals surface area contributed by atoms with Crippen molar-refractivity contribution < 1.29 is 67.0 Å². The number of nitrogens with two attached hydrogens (primary N) is 1. The average Bonchev–Trinajstić information content (AvgIpc) is 2.58. The van der Waals surface area contributed by atoms with Crippen LogP contribution in [-0.4, -0.2) is 185 Å². The third-order valence-corrected chi connectivity index (χ3v) is 16.1. The number of aromatic nitrogens is 1. The minimum atomic E-state index is -1.87. The minimum absolute atomic E-state index is 0.0151. The summed E-state index contributed by atoms with van der Waals surface area (Å²) < 4.78 is 43.0. The third-order valence-electron chi connectivity index (χ3n) is 15.7. The summed E-state index contributed by atoms with van der Waals surface area (Å²) in [5.74, 6) is -2.51. The number of anilines is 1. The molecule has 3 aliphatic rings. The first kappa shape index (κ1) is 66.0. The number of hydrogen-bond acceptors (Lipinski definition) is 17. The number of benzene rings is 2. The van der Waals surface area contributed by atoms with E-state index in [0.717, 1.165) is 27.7 Å². The number of epoxide rings is 1. The number of nitrogens with one attached hydrogen (secondary N) is 4. The molecule has 0 spiro atoms. The van der Waals surface area contributed by atoms with Crippen molar-refractivity contribution in [2.24, 2.45) is 11.7 Å². The molecular weight excluding hydrogens is 1090 g/mol. The van der Waals surface area contributed by atoms with E-state index in [-0.39, 0.29) is 75.5 Å². The summed E-state index contributed by atoms with van der Waals surface area (Å²) in [5.41, 5.74) is 9.79. The molecule has 0 radical (unpaired) electrons. The Bertz CT molecular complexity index is 2800. The van der Waals surface area contributed by atoms with Crippen molar-refractivity contribution in [2.75, 3.05) is 86.8 Å². The second-order valence-corrected chi connectivity index (χ2v) is 22.1. The molecule has 458 valence electrons. The predicted molar refractivity (Wildman–Crippen MR) is 312 cm³/mol. The van der Waals surface area contributed by atoms with E-state index in [2.05, 4.69) is 32.0 Å². The van der Waals surface area contributed by atoms with Gasteiger partial charge >= 0.3 is 12.1 Å². The molecule has 5 amide bonds. The Hall–Kier alpha value is -6.15. The van der Waals surface area contributed by atoms with Crippen molar-refractivity contribution in [3.8, 4) is 5.75 Å². The van der Waals surface area contributed by atoms with Crippen molar-refractivity contribution in [1.82, 2.24) is 35.9 Å². The van der Waals surface area contributed by atoms with Crippen LogP contribution in [0.25, 0.3) is 10.9 Å². The second kappa shape index (κ2) is 30.6. The van der Waals surface area contributed by atoms with Gasteiger partial charge in [0, 0.05) is 71.3 Å². The van der Waals surface area contributed by atoms with Gasteiger partial charge in [0.2, 0.25) is 23.6 Å². The van der Waals surface area contributed by atoms with Gasteiger partial charge in [0.25, 0.3) is 0 Å². The highest BCUT2D eigenvalue weighted by Crippen LogP contribution is 2.49. The number of halogens is 1. The van der Waals surface area contributed by atoms with E-state index in [1.807, 2.05) is 56.4 Å². The lowest BCUT2D eigenvalue weighted by Gasteiger charge is -2.42. The number of para-hydroxylation sites is 1. The Morgan fingerprint density at radius 3 is 2.48 bits per heavy atom. The number of amides is 5. The lowest BCUT2D eigenvalue weighted by atomic mass is 9.83. The lowest BCUT2D eigenvalue weighted by Crippen LogP contribution is -2.63. The Morgan fingerprint density at radius 2 is 1.77 bits per heavy atom. The first-order chi connectivity index (χ1) is 39.6. The molecule has 2 aromatic carbocycles. The van der Waals surface area contributed by atoms with Crippen LogP contribution in [-0.2, 0) is 71.9 Å². The molecule has 2 saturated heterocycles. The first-order valence-electron chi connectivity index (χ1n) is 28.3. The molecule has 3 aromatic rings. The number of esters is 1. The van der Waals surface area contributed by atoms with Crippen molar-refractivity contribution in [3.63, 3.8) is 0 Å². The number of alkyl carbamates (subject to hydrolysis) is 1. The van der Waals surface area contributed by atoms with Gasteiger partial charge < -0.3 is 69.0 Å². The molecule has 9 atom stereocenters. The summed E-state index contributed by atoms with van der Waals surface area (Å²) >= 11 is 6.83. The third kappa shape index (κ3) is 17.5. The lowest BCUT2D eigenvalue weighted by molar-refractivity contribution is -0.162. The molecule has 7 N–H and O–H groups in total. The number of aliphatic hydroxyl groups is 1. The summed E-state index contributed by atoms with van der Waals surface area (Å²) in [4.78, 5) is 84.2. The van der Waals surface area contributed by atoms with Crippen LogP contribution in [0.3, 0.4) is 0 Å². The van der Waals surface area contributed by atoms with Crippen LogP contribution in [0.4, 0.5) is 10.5 Å². The van der Waals surface area contributed by atoms with E-state index in [1.54, 1.807) is 45.2 Å². The highest BCUT2D eigenvalue weighted by molar-refractivity contribution is 6.35. The first-order valence-corrected chi connectivity index (χ1v) is 28.7. The molecule has 0 saturated carbocycles. The van der Waals surface area contributed by atoms with E-state index < -0.39 is 77.6 Å². The Kier molecular flexibility index (Phi) is 24.3. The van der Waals surface area contributed by atoms with Crippen LogP contribution < -0.4 is 36.7 Å². The number of carbonyl (C=O) groups is 6. The number of allylic oxidation sites excluding steroid dienone is 3. The highest BCUT2D eigenvalue weighted by atomic mass is 35.5.